The van der Waals surface area contributed by atoms with Gasteiger partial charge in [0.15, 0.2) is 0 Å². The standard InChI is InChI=1S/C21H23N5O/c27-21(25-10-2-1-3-11-25)17-15-23-26-18(6-4-7-19(17)26)16-8-9-20(22-14-16)24-12-5-13-24/h4,6-9,14-15H,1-3,5,10-13H2. The predicted molar refractivity (Wildman–Crippen MR) is 105 cm³/mol. The molecule has 2 saturated heterocycles. The summed E-state index contributed by atoms with van der Waals surface area (Å²) >= 11 is 0. The van der Waals surface area contributed by atoms with Gasteiger partial charge in [0.2, 0.25) is 0 Å². The maximum Gasteiger partial charge on any atom is 0.257 e. The lowest BCUT2D eigenvalue weighted by molar-refractivity contribution is 0.0726. The summed E-state index contributed by atoms with van der Waals surface area (Å²) in [6.07, 6.45) is 8.23. The molecule has 0 unspecified atom stereocenters. The summed E-state index contributed by atoms with van der Waals surface area (Å²) in [5, 5.41) is 4.53. The molecule has 3 aromatic rings. The molecule has 5 rings (SSSR count). The van der Waals surface area contributed by atoms with Crippen molar-refractivity contribution in [3.63, 3.8) is 0 Å². The molecule has 1 amide bonds. The average Bonchev–Trinajstić information content (AvgIpc) is 3.12. The van der Waals surface area contributed by atoms with Crippen LogP contribution in [-0.4, -0.2) is 51.6 Å². The number of piperidine rings is 1. The molecule has 0 saturated carbocycles. The monoisotopic (exact) mass is 361 g/mol. The minimum atomic E-state index is 0.0908. The number of rotatable bonds is 3. The van der Waals surface area contributed by atoms with Gasteiger partial charge in [-0.05, 0) is 49.9 Å². The number of carbonyl (C=O) groups is 1. The second kappa shape index (κ2) is 6.68. The number of aromatic nitrogens is 3. The van der Waals surface area contributed by atoms with Crippen LogP contribution < -0.4 is 4.90 Å². The van der Waals surface area contributed by atoms with E-state index in [2.05, 4.69) is 27.1 Å². The quantitative estimate of drug-likeness (QED) is 0.719. The Morgan fingerprint density at radius 3 is 2.44 bits per heavy atom. The van der Waals surface area contributed by atoms with Crippen LogP contribution in [0.2, 0.25) is 0 Å². The van der Waals surface area contributed by atoms with Crippen LogP contribution in [0.25, 0.3) is 16.8 Å². The van der Waals surface area contributed by atoms with Crippen LogP contribution in [0.4, 0.5) is 5.82 Å². The Labute approximate surface area is 158 Å². The number of hydrogen-bond donors (Lipinski definition) is 0. The largest absolute Gasteiger partial charge is 0.356 e. The third-order valence-corrected chi connectivity index (χ3v) is 5.64. The van der Waals surface area contributed by atoms with Crippen molar-refractivity contribution in [3.8, 4) is 11.3 Å². The first-order valence-corrected chi connectivity index (χ1v) is 9.79. The lowest BCUT2D eigenvalue weighted by Gasteiger charge is -2.31. The Morgan fingerprint density at radius 2 is 1.74 bits per heavy atom. The van der Waals surface area contributed by atoms with E-state index in [1.54, 1.807) is 6.20 Å². The molecule has 138 valence electrons. The Hall–Kier alpha value is -2.89. The summed E-state index contributed by atoms with van der Waals surface area (Å²) in [6, 6.07) is 10.1. The average molecular weight is 361 g/mol. The maximum absolute atomic E-state index is 12.9. The first kappa shape index (κ1) is 16.3. The topological polar surface area (TPSA) is 53.7 Å². The van der Waals surface area contributed by atoms with Crippen molar-refractivity contribution in [2.75, 3.05) is 31.1 Å². The highest BCUT2D eigenvalue weighted by Crippen LogP contribution is 2.25. The van der Waals surface area contributed by atoms with Crippen LogP contribution in [0.5, 0.6) is 0 Å². The fourth-order valence-corrected chi connectivity index (χ4v) is 3.93. The van der Waals surface area contributed by atoms with E-state index >= 15 is 0 Å². The number of hydrogen-bond acceptors (Lipinski definition) is 4. The zero-order valence-corrected chi connectivity index (χ0v) is 15.3. The molecule has 6 heteroatoms. The fraction of sp³-hybridized carbons (Fsp3) is 0.381. The molecule has 2 fully saturated rings. The Morgan fingerprint density at radius 1 is 0.889 bits per heavy atom. The number of anilines is 1. The van der Waals surface area contributed by atoms with Crippen molar-refractivity contribution in [1.82, 2.24) is 19.5 Å². The van der Waals surface area contributed by atoms with Crippen molar-refractivity contribution in [3.05, 3.63) is 48.3 Å². The van der Waals surface area contributed by atoms with E-state index in [0.29, 0.717) is 5.56 Å². The Balaban J connectivity index is 1.49. The van der Waals surface area contributed by atoms with E-state index in [1.807, 2.05) is 33.8 Å². The highest BCUT2D eigenvalue weighted by molar-refractivity contribution is 6.01. The van der Waals surface area contributed by atoms with Crippen LogP contribution >= 0.6 is 0 Å². The van der Waals surface area contributed by atoms with E-state index in [0.717, 1.165) is 61.6 Å². The molecular weight excluding hydrogens is 338 g/mol. The van der Waals surface area contributed by atoms with Gasteiger partial charge in [0.05, 0.1) is 23.0 Å². The number of likely N-dealkylation sites (tertiary alicyclic amines) is 1. The van der Waals surface area contributed by atoms with Crippen molar-refractivity contribution in [1.29, 1.82) is 0 Å². The van der Waals surface area contributed by atoms with Crippen molar-refractivity contribution in [2.45, 2.75) is 25.7 Å². The third-order valence-electron chi connectivity index (χ3n) is 5.64. The second-order valence-electron chi connectivity index (χ2n) is 7.36. The SMILES string of the molecule is O=C(c1cnn2c(-c3ccc(N4CCC4)nc3)cccc12)N1CCCCC1. The molecule has 0 aliphatic carbocycles. The lowest BCUT2D eigenvalue weighted by atomic mass is 10.1. The zero-order chi connectivity index (χ0) is 18.2. The van der Waals surface area contributed by atoms with Gasteiger partial charge in [0, 0.05) is 37.9 Å². The zero-order valence-electron chi connectivity index (χ0n) is 15.3. The molecule has 0 spiro atoms. The number of carbonyl (C=O) groups excluding carboxylic acids is 1. The minimum absolute atomic E-state index is 0.0908. The maximum atomic E-state index is 12.9. The molecule has 0 aromatic carbocycles. The highest BCUT2D eigenvalue weighted by Gasteiger charge is 2.22. The molecular formula is C21H23N5O. The minimum Gasteiger partial charge on any atom is -0.356 e. The van der Waals surface area contributed by atoms with Gasteiger partial charge in [0.1, 0.15) is 5.82 Å². The van der Waals surface area contributed by atoms with Crippen molar-refractivity contribution in [2.24, 2.45) is 0 Å². The molecule has 3 aromatic heterocycles. The smallest absolute Gasteiger partial charge is 0.257 e. The molecule has 2 aliphatic rings. The molecule has 6 nitrogen and oxygen atoms in total. The van der Waals surface area contributed by atoms with Crippen molar-refractivity contribution >= 4 is 17.2 Å². The number of amides is 1. The lowest BCUT2D eigenvalue weighted by Crippen LogP contribution is -2.37. The van der Waals surface area contributed by atoms with Gasteiger partial charge in [0.25, 0.3) is 5.91 Å². The summed E-state index contributed by atoms with van der Waals surface area (Å²) in [7, 11) is 0. The molecule has 0 bridgehead atoms. The number of fused-ring (bicyclic) bond motifs is 1. The summed E-state index contributed by atoms with van der Waals surface area (Å²) in [5.41, 5.74) is 3.50. The van der Waals surface area contributed by atoms with Gasteiger partial charge in [-0.25, -0.2) is 9.50 Å². The van der Waals surface area contributed by atoms with E-state index in [4.69, 9.17) is 0 Å². The van der Waals surface area contributed by atoms with E-state index in [1.165, 1.54) is 12.8 Å². The molecule has 5 heterocycles. The summed E-state index contributed by atoms with van der Waals surface area (Å²) in [4.78, 5) is 21.8. The Kier molecular flexibility index (Phi) is 4.03. The second-order valence-corrected chi connectivity index (χ2v) is 7.36. The fourth-order valence-electron chi connectivity index (χ4n) is 3.93. The molecule has 27 heavy (non-hydrogen) atoms. The molecule has 0 atom stereocenters. The van der Waals surface area contributed by atoms with Crippen LogP contribution in [0, 0.1) is 0 Å². The van der Waals surface area contributed by atoms with Crippen LogP contribution in [-0.2, 0) is 0 Å². The summed E-state index contributed by atoms with van der Waals surface area (Å²) < 4.78 is 1.86. The van der Waals surface area contributed by atoms with Crippen LogP contribution in [0.3, 0.4) is 0 Å². The number of nitrogens with zero attached hydrogens (tertiary/aromatic N) is 5. The predicted octanol–water partition coefficient (Wildman–Crippen LogP) is 3.23. The van der Waals surface area contributed by atoms with E-state index < -0.39 is 0 Å². The normalized spacial score (nSPS) is 17.2. The van der Waals surface area contributed by atoms with E-state index in [-0.39, 0.29) is 5.91 Å². The third kappa shape index (κ3) is 2.85. The molecule has 2 aliphatic heterocycles. The van der Waals surface area contributed by atoms with Crippen LogP contribution in [0.1, 0.15) is 36.0 Å². The van der Waals surface area contributed by atoms with Gasteiger partial charge in [-0.2, -0.15) is 5.10 Å². The van der Waals surface area contributed by atoms with E-state index in [9.17, 15) is 4.79 Å². The van der Waals surface area contributed by atoms with Crippen LogP contribution in [0.15, 0.2) is 42.7 Å². The first-order valence-electron chi connectivity index (χ1n) is 9.79. The van der Waals surface area contributed by atoms with Gasteiger partial charge >= 0.3 is 0 Å². The molecule has 0 N–H and O–H groups in total. The van der Waals surface area contributed by atoms with Gasteiger partial charge < -0.3 is 9.80 Å². The van der Waals surface area contributed by atoms with Crippen molar-refractivity contribution < 1.29 is 4.79 Å². The van der Waals surface area contributed by atoms with Gasteiger partial charge in [-0.3, -0.25) is 4.79 Å². The number of pyridine rings is 2. The first-order chi connectivity index (χ1) is 13.3. The van der Waals surface area contributed by atoms with Gasteiger partial charge in [-0.15, -0.1) is 0 Å². The molecule has 0 radical (unpaired) electrons. The van der Waals surface area contributed by atoms with Gasteiger partial charge in [-0.1, -0.05) is 6.07 Å². The Bertz CT molecular complexity index is 968. The summed E-state index contributed by atoms with van der Waals surface area (Å²) in [6.45, 7) is 3.86. The summed E-state index contributed by atoms with van der Waals surface area (Å²) in [5.74, 6) is 1.12. The highest BCUT2D eigenvalue weighted by atomic mass is 16.2.